The van der Waals surface area contributed by atoms with Crippen LogP contribution in [0.1, 0.15) is 31.9 Å². The standard InChI is InChI=1S/C11H15ClO/c1-7-5-9(12)10(13)6-8(7)11(2,3)4/h5-6,13H,1-4H3. The Morgan fingerprint density at radius 2 is 1.77 bits per heavy atom. The van der Waals surface area contributed by atoms with Crippen LogP contribution in [0.2, 0.25) is 5.02 Å². The van der Waals surface area contributed by atoms with E-state index in [-0.39, 0.29) is 11.2 Å². The van der Waals surface area contributed by atoms with Gasteiger partial charge in [-0.05, 0) is 35.6 Å². The van der Waals surface area contributed by atoms with Gasteiger partial charge in [-0.1, -0.05) is 32.4 Å². The summed E-state index contributed by atoms with van der Waals surface area (Å²) in [6.45, 7) is 8.35. The summed E-state index contributed by atoms with van der Waals surface area (Å²) in [7, 11) is 0. The predicted octanol–water partition coefficient (Wildman–Crippen LogP) is 3.65. The van der Waals surface area contributed by atoms with Crippen LogP contribution in [0.15, 0.2) is 12.1 Å². The second kappa shape index (κ2) is 3.22. The first kappa shape index (κ1) is 10.4. The Balaban J connectivity index is 3.32. The summed E-state index contributed by atoms with van der Waals surface area (Å²) in [5.41, 5.74) is 2.30. The highest BCUT2D eigenvalue weighted by Gasteiger charge is 2.17. The summed E-state index contributed by atoms with van der Waals surface area (Å²) < 4.78 is 0. The Morgan fingerprint density at radius 3 is 2.23 bits per heavy atom. The number of phenolic OH excluding ortho intramolecular Hbond substituents is 1. The molecule has 13 heavy (non-hydrogen) atoms. The molecule has 0 heterocycles. The maximum absolute atomic E-state index is 9.46. The average Bonchev–Trinajstić information content (AvgIpc) is 1.94. The van der Waals surface area contributed by atoms with Crippen molar-refractivity contribution in [1.82, 2.24) is 0 Å². The Labute approximate surface area is 84.4 Å². The molecule has 1 N–H and O–H groups in total. The Kier molecular flexibility index (Phi) is 2.58. The van der Waals surface area contributed by atoms with Crippen LogP contribution in [-0.2, 0) is 5.41 Å². The lowest BCUT2D eigenvalue weighted by molar-refractivity contribution is 0.471. The van der Waals surface area contributed by atoms with Crippen LogP contribution >= 0.6 is 11.6 Å². The van der Waals surface area contributed by atoms with Gasteiger partial charge in [0.1, 0.15) is 5.75 Å². The molecule has 0 amide bonds. The lowest BCUT2D eigenvalue weighted by atomic mass is 9.84. The molecule has 0 aliphatic heterocycles. The molecule has 0 unspecified atom stereocenters. The van der Waals surface area contributed by atoms with E-state index in [1.54, 1.807) is 12.1 Å². The molecule has 0 saturated heterocycles. The molecule has 0 fully saturated rings. The first-order valence-electron chi connectivity index (χ1n) is 4.32. The highest BCUT2D eigenvalue weighted by molar-refractivity contribution is 6.32. The van der Waals surface area contributed by atoms with Gasteiger partial charge >= 0.3 is 0 Å². The summed E-state index contributed by atoms with van der Waals surface area (Å²) in [4.78, 5) is 0. The molecule has 0 radical (unpaired) electrons. The third-order valence-electron chi connectivity index (χ3n) is 2.10. The van der Waals surface area contributed by atoms with Crippen molar-refractivity contribution in [3.63, 3.8) is 0 Å². The Morgan fingerprint density at radius 1 is 1.23 bits per heavy atom. The molecule has 1 rings (SSSR count). The van der Waals surface area contributed by atoms with E-state index in [0.29, 0.717) is 5.02 Å². The monoisotopic (exact) mass is 198 g/mol. The zero-order valence-electron chi connectivity index (χ0n) is 8.48. The normalized spacial score (nSPS) is 11.8. The van der Waals surface area contributed by atoms with Crippen LogP contribution in [0.25, 0.3) is 0 Å². The maximum Gasteiger partial charge on any atom is 0.134 e. The topological polar surface area (TPSA) is 20.2 Å². The van der Waals surface area contributed by atoms with Gasteiger partial charge in [0.25, 0.3) is 0 Å². The van der Waals surface area contributed by atoms with Gasteiger partial charge in [-0.25, -0.2) is 0 Å². The molecule has 72 valence electrons. The zero-order chi connectivity index (χ0) is 10.2. The number of aromatic hydroxyl groups is 1. The molecule has 0 aliphatic rings. The summed E-state index contributed by atoms with van der Waals surface area (Å²) in [5, 5.41) is 9.88. The van der Waals surface area contributed by atoms with E-state index in [9.17, 15) is 5.11 Å². The van der Waals surface area contributed by atoms with E-state index in [1.165, 1.54) is 0 Å². The number of rotatable bonds is 0. The van der Waals surface area contributed by atoms with E-state index in [2.05, 4.69) is 20.8 Å². The number of aryl methyl sites for hydroxylation is 1. The van der Waals surface area contributed by atoms with E-state index >= 15 is 0 Å². The first-order valence-corrected chi connectivity index (χ1v) is 4.70. The summed E-state index contributed by atoms with van der Waals surface area (Å²) in [6.07, 6.45) is 0. The van der Waals surface area contributed by atoms with Gasteiger partial charge in [0.05, 0.1) is 5.02 Å². The second-order valence-corrected chi connectivity index (χ2v) is 4.78. The molecule has 2 heteroatoms. The van der Waals surface area contributed by atoms with E-state index in [0.717, 1.165) is 11.1 Å². The van der Waals surface area contributed by atoms with Crippen LogP contribution < -0.4 is 0 Å². The number of halogens is 1. The minimum absolute atomic E-state index is 0.0478. The number of benzene rings is 1. The molecule has 0 aromatic heterocycles. The highest BCUT2D eigenvalue weighted by atomic mass is 35.5. The molecular formula is C11H15ClO. The summed E-state index contributed by atoms with van der Waals surface area (Å²) in [5.74, 6) is 0.164. The lowest BCUT2D eigenvalue weighted by Crippen LogP contribution is -2.12. The predicted molar refractivity (Wildman–Crippen MR) is 56.6 cm³/mol. The Bertz CT molecular complexity index is 324. The molecule has 1 aromatic carbocycles. The van der Waals surface area contributed by atoms with Gasteiger partial charge in [0.2, 0.25) is 0 Å². The van der Waals surface area contributed by atoms with Crippen molar-refractivity contribution in [2.45, 2.75) is 33.1 Å². The number of phenols is 1. The maximum atomic E-state index is 9.46. The van der Waals surface area contributed by atoms with Crippen LogP contribution in [0, 0.1) is 6.92 Å². The highest BCUT2D eigenvalue weighted by Crippen LogP contribution is 2.33. The third kappa shape index (κ3) is 2.16. The fourth-order valence-corrected chi connectivity index (χ4v) is 1.69. The largest absolute Gasteiger partial charge is 0.506 e. The molecule has 0 saturated carbocycles. The van der Waals surface area contributed by atoms with Crippen molar-refractivity contribution < 1.29 is 5.11 Å². The van der Waals surface area contributed by atoms with E-state index in [4.69, 9.17) is 11.6 Å². The first-order chi connectivity index (χ1) is 5.82. The Hall–Kier alpha value is -0.690. The van der Waals surface area contributed by atoms with Gasteiger partial charge < -0.3 is 5.11 Å². The number of hydrogen-bond donors (Lipinski definition) is 1. The fraction of sp³-hybridized carbons (Fsp3) is 0.455. The SMILES string of the molecule is Cc1cc(Cl)c(O)cc1C(C)(C)C. The van der Waals surface area contributed by atoms with Crippen molar-refractivity contribution in [2.24, 2.45) is 0 Å². The lowest BCUT2D eigenvalue weighted by Gasteiger charge is -2.22. The molecule has 0 aliphatic carbocycles. The van der Waals surface area contributed by atoms with Crippen molar-refractivity contribution in [1.29, 1.82) is 0 Å². The molecule has 1 nitrogen and oxygen atoms in total. The summed E-state index contributed by atoms with van der Waals surface area (Å²) in [6, 6.07) is 3.55. The van der Waals surface area contributed by atoms with Crippen molar-refractivity contribution >= 4 is 11.6 Å². The summed E-state index contributed by atoms with van der Waals surface area (Å²) >= 11 is 5.79. The molecular weight excluding hydrogens is 184 g/mol. The van der Waals surface area contributed by atoms with Crippen molar-refractivity contribution in [3.8, 4) is 5.75 Å². The van der Waals surface area contributed by atoms with Gasteiger partial charge in [0, 0.05) is 0 Å². The average molecular weight is 199 g/mol. The molecule has 0 spiro atoms. The van der Waals surface area contributed by atoms with E-state index in [1.807, 2.05) is 6.92 Å². The van der Waals surface area contributed by atoms with Gasteiger partial charge in [0.15, 0.2) is 0 Å². The molecule has 0 bridgehead atoms. The molecule has 1 aromatic rings. The number of hydrogen-bond acceptors (Lipinski definition) is 1. The minimum Gasteiger partial charge on any atom is -0.506 e. The smallest absolute Gasteiger partial charge is 0.134 e. The second-order valence-electron chi connectivity index (χ2n) is 4.37. The third-order valence-corrected chi connectivity index (χ3v) is 2.40. The van der Waals surface area contributed by atoms with Gasteiger partial charge in [-0.15, -0.1) is 0 Å². The van der Waals surface area contributed by atoms with Crippen LogP contribution in [0.5, 0.6) is 5.75 Å². The quantitative estimate of drug-likeness (QED) is 0.675. The molecule has 0 atom stereocenters. The van der Waals surface area contributed by atoms with Crippen LogP contribution in [-0.4, -0.2) is 5.11 Å². The minimum atomic E-state index is 0.0478. The van der Waals surface area contributed by atoms with Gasteiger partial charge in [-0.3, -0.25) is 0 Å². The van der Waals surface area contributed by atoms with Crippen LogP contribution in [0.3, 0.4) is 0 Å². The van der Waals surface area contributed by atoms with Crippen molar-refractivity contribution in [3.05, 3.63) is 28.3 Å². The fourth-order valence-electron chi connectivity index (χ4n) is 1.47. The zero-order valence-corrected chi connectivity index (χ0v) is 9.24. The van der Waals surface area contributed by atoms with Crippen LogP contribution in [0.4, 0.5) is 0 Å². The van der Waals surface area contributed by atoms with Crippen molar-refractivity contribution in [2.75, 3.05) is 0 Å². The van der Waals surface area contributed by atoms with Gasteiger partial charge in [-0.2, -0.15) is 0 Å². The van der Waals surface area contributed by atoms with E-state index < -0.39 is 0 Å².